The summed E-state index contributed by atoms with van der Waals surface area (Å²) in [5, 5.41) is 3.27. The van der Waals surface area contributed by atoms with E-state index < -0.39 is 11.6 Å². The fourth-order valence-electron chi connectivity index (χ4n) is 2.59. The van der Waals surface area contributed by atoms with Crippen LogP contribution in [0.25, 0.3) is 0 Å². The monoisotopic (exact) mass is 223 g/mol. The number of hydrogen-bond acceptors (Lipinski definition) is 2. The first-order chi connectivity index (χ1) is 7.72. The minimum atomic E-state index is -0.558. The van der Waals surface area contributed by atoms with Gasteiger partial charge in [0.1, 0.15) is 11.6 Å². The molecular weight excluding hydrogens is 211 g/mol. The highest BCUT2D eigenvalue weighted by atomic mass is 19.1. The van der Waals surface area contributed by atoms with Gasteiger partial charge in [0.2, 0.25) is 0 Å². The number of rotatable bonds is 1. The van der Waals surface area contributed by atoms with Crippen molar-refractivity contribution in [1.29, 1.82) is 0 Å². The summed E-state index contributed by atoms with van der Waals surface area (Å²) in [5.74, 6) is -1.12. The molecule has 16 heavy (non-hydrogen) atoms. The first-order valence-corrected chi connectivity index (χ1v) is 5.60. The largest absolute Gasteiger partial charge is 0.416 e. The molecular formula is C11H12BF2NO. The highest BCUT2D eigenvalue weighted by Crippen LogP contribution is 2.26. The highest BCUT2D eigenvalue weighted by Gasteiger charge is 2.41. The van der Waals surface area contributed by atoms with Gasteiger partial charge < -0.3 is 9.88 Å². The molecule has 0 unspecified atom stereocenters. The van der Waals surface area contributed by atoms with Crippen LogP contribution in [0, 0.1) is 11.6 Å². The molecule has 1 saturated heterocycles. The molecule has 1 heterocycles. The SMILES string of the molecule is Fc1cc(F)cc(B2N[C@H]3CCC[C@H]3O2)c1. The molecule has 1 aromatic carbocycles. The summed E-state index contributed by atoms with van der Waals surface area (Å²) < 4.78 is 31.8. The fourth-order valence-corrected chi connectivity index (χ4v) is 2.59. The zero-order valence-electron chi connectivity index (χ0n) is 8.75. The van der Waals surface area contributed by atoms with Crippen LogP contribution in [0.1, 0.15) is 19.3 Å². The van der Waals surface area contributed by atoms with Crippen molar-refractivity contribution in [2.24, 2.45) is 0 Å². The van der Waals surface area contributed by atoms with Gasteiger partial charge in [0.15, 0.2) is 0 Å². The van der Waals surface area contributed by atoms with Gasteiger partial charge in [0, 0.05) is 12.1 Å². The zero-order chi connectivity index (χ0) is 11.1. The maximum absolute atomic E-state index is 13.0. The molecule has 1 aromatic rings. The van der Waals surface area contributed by atoms with Crippen molar-refractivity contribution in [3.8, 4) is 0 Å². The smallest absolute Gasteiger partial charge is 0.413 e. The minimum Gasteiger partial charge on any atom is -0.413 e. The van der Waals surface area contributed by atoms with Gasteiger partial charge in [-0.3, -0.25) is 0 Å². The number of hydrogen-bond donors (Lipinski definition) is 1. The molecule has 2 atom stereocenters. The first kappa shape index (κ1) is 10.2. The Morgan fingerprint density at radius 1 is 1.19 bits per heavy atom. The molecule has 1 aliphatic heterocycles. The van der Waals surface area contributed by atoms with E-state index in [2.05, 4.69) is 5.23 Å². The topological polar surface area (TPSA) is 21.3 Å². The molecule has 0 amide bonds. The van der Waals surface area contributed by atoms with Crippen LogP contribution in [0.4, 0.5) is 8.78 Å². The summed E-state index contributed by atoms with van der Waals surface area (Å²) in [5.41, 5.74) is 0.534. The summed E-state index contributed by atoms with van der Waals surface area (Å²) in [6, 6.07) is 3.86. The van der Waals surface area contributed by atoms with E-state index in [4.69, 9.17) is 4.65 Å². The van der Waals surface area contributed by atoms with E-state index in [9.17, 15) is 8.78 Å². The molecule has 1 aliphatic carbocycles. The van der Waals surface area contributed by atoms with E-state index in [0.717, 1.165) is 25.3 Å². The predicted molar refractivity (Wildman–Crippen MR) is 57.4 cm³/mol. The standard InChI is InChI=1S/C11H12BF2NO/c13-8-4-7(5-9(14)6-8)12-15-10-2-1-3-11(10)16-12/h4-6,10-11,15H,1-3H2/t10-,11+/m0/s1. The number of nitrogens with one attached hydrogen (secondary N) is 1. The first-order valence-electron chi connectivity index (χ1n) is 5.60. The van der Waals surface area contributed by atoms with E-state index in [0.29, 0.717) is 11.5 Å². The van der Waals surface area contributed by atoms with Crippen molar-refractivity contribution < 1.29 is 13.4 Å². The Labute approximate surface area is 93.1 Å². The van der Waals surface area contributed by atoms with Gasteiger partial charge in [0.25, 0.3) is 0 Å². The highest BCUT2D eigenvalue weighted by molar-refractivity contribution is 6.65. The lowest BCUT2D eigenvalue weighted by Gasteiger charge is -2.08. The fraction of sp³-hybridized carbons (Fsp3) is 0.455. The molecule has 5 heteroatoms. The van der Waals surface area contributed by atoms with Crippen molar-refractivity contribution in [3.63, 3.8) is 0 Å². The molecule has 0 bridgehead atoms. The number of fused-ring (bicyclic) bond motifs is 1. The maximum atomic E-state index is 13.0. The van der Waals surface area contributed by atoms with Crippen LogP contribution in [0.2, 0.25) is 0 Å². The summed E-state index contributed by atoms with van der Waals surface area (Å²) in [7, 11) is -0.361. The Bertz CT molecular complexity index is 383. The van der Waals surface area contributed by atoms with E-state index >= 15 is 0 Å². The molecule has 2 nitrogen and oxygen atoms in total. The van der Waals surface area contributed by atoms with Crippen LogP contribution < -0.4 is 10.7 Å². The van der Waals surface area contributed by atoms with Gasteiger partial charge in [-0.05, 0) is 36.9 Å². The van der Waals surface area contributed by atoms with Crippen LogP contribution >= 0.6 is 0 Å². The lowest BCUT2D eigenvalue weighted by Crippen LogP contribution is -2.44. The molecule has 84 valence electrons. The summed E-state index contributed by atoms with van der Waals surface area (Å²) in [6.45, 7) is 0. The van der Waals surface area contributed by atoms with E-state index in [1.807, 2.05) is 0 Å². The third-order valence-electron chi connectivity index (χ3n) is 3.32. The van der Waals surface area contributed by atoms with Gasteiger partial charge in [-0.2, -0.15) is 0 Å². The van der Waals surface area contributed by atoms with Crippen LogP contribution in [0.3, 0.4) is 0 Å². The second-order valence-corrected chi connectivity index (χ2v) is 4.46. The van der Waals surface area contributed by atoms with Crippen LogP contribution in [0.15, 0.2) is 18.2 Å². The molecule has 2 aliphatic rings. The Hall–Kier alpha value is -0.935. The van der Waals surface area contributed by atoms with Crippen molar-refractivity contribution in [1.82, 2.24) is 5.23 Å². The average Bonchev–Trinajstić information content (AvgIpc) is 2.74. The average molecular weight is 223 g/mol. The van der Waals surface area contributed by atoms with Crippen molar-refractivity contribution in [3.05, 3.63) is 29.8 Å². The Morgan fingerprint density at radius 2 is 1.94 bits per heavy atom. The Morgan fingerprint density at radius 3 is 2.62 bits per heavy atom. The second-order valence-electron chi connectivity index (χ2n) is 4.46. The number of benzene rings is 1. The van der Waals surface area contributed by atoms with Crippen molar-refractivity contribution >= 4 is 12.5 Å². The van der Waals surface area contributed by atoms with Crippen LogP contribution in [-0.4, -0.2) is 19.2 Å². The summed E-state index contributed by atoms with van der Waals surface area (Å²) in [4.78, 5) is 0. The number of halogens is 2. The molecule has 3 rings (SSSR count). The van der Waals surface area contributed by atoms with Crippen molar-refractivity contribution in [2.45, 2.75) is 31.4 Å². The molecule has 1 N–H and O–H groups in total. The molecule has 2 fully saturated rings. The van der Waals surface area contributed by atoms with E-state index in [1.165, 1.54) is 12.1 Å². The third-order valence-corrected chi connectivity index (χ3v) is 3.32. The molecule has 0 radical (unpaired) electrons. The lowest BCUT2D eigenvalue weighted by atomic mass is 9.74. The minimum absolute atomic E-state index is 0.205. The molecule has 0 aromatic heterocycles. The van der Waals surface area contributed by atoms with Gasteiger partial charge >= 0.3 is 7.05 Å². The van der Waals surface area contributed by atoms with Crippen molar-refractivity contribution in [2.75, 3.05) is 0 Å². The summed E-state index contributed by atoms with van der Waals surface area (Å²) >= 11 is 0. The third kappa shape index (κ3) is 1.74. The maximum Gasteiger partial charge on any atom is 0.416 e. The lowest BCUT2D eigenvalue weighted by molar-refractivity contribution is 0.233. The zero-order valence-corrected chi connectivity index (χ0v) is 8.75. The normalized spacial score (nSPS) is 28.5. The Kier molecular flexibility index (Phi) is 2.44. The van der Waals surface area contributed by atoms with Gasteiger partial charge in [-0.25, -0.2) is 8.78 Å². The Balaban J connectivity index is 1.83. The summed E-state index contributed by atoms with van der Waals surface area (Å²) in [6.07, 6.45) is 3.48. The van der Waals surface area contributed by atoms with Crippen LogP contribution in [-0.2, 0) is 4.65 Å². The predicted octanol–water partition coefficient (Wildman–Crippen LogP) is 1.20. The van der Waals surface area contributed by atoms with Crippen LogP contribution in [0.5, 0.6) is 0 Å². The van der Waals surface area contributed by atoms with Gasteiger partial charge in [-0.15, -0.1) is 0 Å². The quantitative estimate of drug-likeness (QED) is 0.722. The molecule has 1 saturated carbocycles. The second kappa shape index (κ2) is 3.82. The van der Waals surface area contributed by atoms with E-state index in [-0.39, 0.29) is 13.2 Å². The van der Waals surface area contributed by atoms with Gasteiger partial charge in [0.05, 0.1) is 6.10 Å². The van der Waals surface area contributed by atoms with Gasteiger partial charge in [-0.1, -0.05) is 0 Å². The van der Waals surface area contributed by atoms with E-state index in [1.54, 1.807) is 0 Å². The molecule has 0 spiro atoms.